The quantitative estimate of drug-likeness (QED) is 0.748. The minimum atomic E-state index is 0. The van der Waals surface area contributed by atoms with Gasteiger partial charge in [0.15, 0.2) is 0 Å². The van der Waals surface area contributed by atoms with E-state index in [1.54, 1.807) is 0 Å². The molecule has 1 aromatic carbocycles. The molecule has 0 spiro atoms. The van der Waals surface area contributed by atoms with E-state index in [4.69, 9.17) is 0 Å². The predicted molar refractivity (Wildman–Crippen MR) is 110 cm³/mol. The number of amides is 2. The van der Waals surface area contributed by atoms with Crippen LogP contribution >= 0.6 is 12.4 Å². The van der Waals surface area contributed by atoms with E-state index in [2.05, 4.69) is 22.8 Å². The maximum atomic E-state index is 12.4. The summed E-state index contributed by atoms with van der Waals surface area (Å²) in [6, 6.07) is 10.2. The Morgan fingerprint density at radius 2 is 1.81 bits per heavy atom. The van der Waals surface area contributed by atoms with Gasteiger partial charge in [-0.3, -0.25) is 9.59 Å². The first-order valence-corrected chi connectivity index (χ1v) is 10.0. The van der Waals surface area contributed by atoms with Crippen LogP contribution in [0, 0.1) is 5.92 Å². The average Bonchev–Trinajstić information content (AvgIpc) is 3.14. The van der Waals surface area contributed by atoms with Crippen molar-refractivity contribution in [2.45, 2.75) is 51.0 Å². The Bertz CT molecular complexity index is 590. The first kappa shape index (κ1) is 21.7. The molecule has 0 bridgehead atoms. The molecule has 0 radical (unpaired) electrons. The molecule has 0 saturated carbocycles. The molecule has 2 aliphatic rings. The summed E-state index contributed by atoms with van der Waals surface area (Å²) in [6.07, 6.45) is 6.16. The third-order valence-electron chi connectivity index (χ3n) is 5.61. The lowest BCUT2D eigenvalue weighted by atomic mass is 9.93. The number of piperidine rings is 1. The fourth-order valence-electron chi connectivity index (χ4n) is 3.96. The van der Waals surface area contributed by atoms with Crippen LogP contribution < -0.4 is 10.6 Å². The fraction of sp³-hybridized carbons (Fsp3) is 0.619. The molecule has 0 aliphatic carbocycles. The molecule has 6 heteroatoms. The largest absolute Gasteiger partial charge is 0.352 e. The Hall–Kier alpha value is -1.59. The van der Waals surface area contributed by atoms with Crippen LogP contribution in [0.4, 0.5) is 0 Å². The molecular formula is C21H32ClN3O2. The number of halogens is 1. The van der Waals surface area contributed by atoms with Crippen molar-refractivity contribution in [2.24, 2.45) is 5.92 Å². The maximum absolute atomic E-state index is 12.4. The zero-order valence-electron chi connectivity index (χ0n) is 16.0. The first-order valence-electron chi connectivity index (χ1n) is 10.0. The number of nitrogens with zero attached hydrogens (tertiary/aromatic N) is 1. The van der Waals surface area contributed by atoms with Gasteiger partial charge in [0.25, 0.3) is 0 Å². The van der Waals surface area contributed by atoms with E-state index < -0.39 is 0 Å². The monoisotopic (exact) mass is 393 g/mol. The van der Waals surface area contributed by atoms with Crippen molar-refractivity contribution in [2.75, 3.05) is 26.2 Å². The minimum Gasteiger partial charge on any atom is -0.352 e. The van der Waals surface area contributed by atoms with Crippen molar-refractivity contribution in [3.63, 3.8) is 0 Å². The Balaban J connectivity index is 0.00000261. The Labute approximate surface area is 168 Å². The highest BCUT2D eigenvalue weighted by molar-refractivity contribution is 5.85. The number of carbonyl (C=O) groups excluding carboxylic acids is 2. The van der Waals surface area contributed by atoms with Gasteiger partial charge < -0.3 is 15.5 Å². The van der Waals surface area contributed by atoms with Crippen molar-refractivity contribution in [3.8, 4) is 0 Å². The molecule has 27 heavy (non-hydrogen) atoms. The molecule has 2 heterocycles. The number of hydrogen-bond donors (Lipinski definition) is 2. The fourth-order valence-corrected chi connectivity index (χ4v) is 3.96. The topological polar surface area (TPSA) is 61.4 Å². The van der Waals surface area contributed by atoms with Crippen LogP contribution in [0.1, 0.15) is 44.1 Å². The lowest BCUT2D eigenvalue weighted by molar-refractivity contribution is -0.130. The third-order valence-corrected chi connectivity index (χ3v) is 5.61. The van der Waals surface area contributed by atoms with E-state index in [9.17, 15) is 9.59 Å². The van der Waals surface area contributed by atoms with E-state index in [1.165, 1.54) is 18.4 Å². The molecule has 0 aromatic heterocycles. The van der Waals surface area contributed by atoms with Crippen molar-refractivity contribution >= 4 is 24.2 Å². The van der Waals surface area contributed by atoms with Gasteiger partial charge in [-0.05, 0) is 56.7 Å². The van der Waals surface area contributed by atoms with Gasteiger partial charge in [-0.1, -0.05) is 30.3 Å². The number of hydrogen-bond acceptors (Lipinski definition) is 3. The van der Waals surface area contributed by atoms with Gasteiger partial charge in [-0.15, -0.1) is 12.4 Å². The molecule has 2 saturated heterocycles. The summed E-state index contributed by atoms with van der Waals surface area (Å²) >= 11 is 0. The highest BCUT2D eigenvalue weighted by Crippen LogP contribution is 2.18. The molecule has 2 aliphatic heterocycles. The molecular weight excluding hydrogens is 362 g/mol. The molecule has 150 valence electrons. The predicted octanol–water partition coefficient (Wildman–Crippen LogP) is 2.54. The smallest absolute Gasteiger partial charge is 0.222 e. The van der Waals surface area contributed by atoms with E-state index in [0.717, 1.165) is 38.9 Å². The standard InChI is InChI=1S/C21H31N3O2.ClH/c25-20(8-6-18-10-13-22-14-11-18)23-19-12-15-24(16-19)21(26)9-7-17-4-2-1-3-5-17;/h1-5,18-19,22H,6-16H2,(H,23,25);1H. The van der Waals surface area contributed by atoms with Crippen LogP contribution in [0.3, 0.4) is 0 Å². The van der Waals surface area contributed by atoms with Crippen LogP contribution in [-0.4, -0.2) is 48.9 Å². The molecule has 3 rings (SSSR count). The number of aryl methyl sites for hydroxylation is 1. The zero-order valence-corrected chi connectivity index (χ0v) is 16.8. The van der Waals surface area contributed by atoms with E-state index in [1.807, 2.05) is 23.1 Å². The van der Waals surface area contributed by atoms with Gasteiger partial charge in [0.05, 0.1) is 0 Å². The maximum Gasteiger partial charge on any atom is 0.222 e. The van der Waals surface area contributed by atoms with Crippen molar-refractivity contribution in [3.05, 3.63) is 35.9 Å². The Kier molecular flexibility index (Phi) is 9.08. The number of benzene rings is 1. The first-order chi connectivity index (χ1) is 12.7. The summed E-state index contributed by atoms with van der Waals surface area (Å²) in [5, 5.41) is 6.49. The molecule has 5 nitrogen and oxygen atoms in total. The van der Waals surface area contributed by atoms with Crippen LogP contribution in [0.25, 0.3) is 0 Å². The Morgan fingerprint density at radius 3 is 2.56 bits per heavy atom. The SMILES string of the molecule is Cl.O=C(CCC1CCNCC1)NC1CCN(C(=O)CCc2ccccc2)C1. The molecule has 1 aromatic rings. The number of rotatable bonds is 7. The molecule has 2 N–H and O–H groups in total. The lowest BCUT2D eigenvalue weighted by Gasteiger charge is -2.22. The minimum absolute atomic E-state index is 0. The second-order valence-electron chi connectivity index (χ2n) is 7.61. The second-order valence-corrected chi connectivity index (χ2v) is 7.61. The summed E-state index contributed by atoms with van der Waals surface area (Å²) in [6.45, 7) is 3.57. The van der Waals surface area contributed by atoms with Gasteiger partial charge in [0.1, 0.15) is 0 Å². The van der Waals surface area contributed by atoms with Crippen LogP contribution in [0.5, 0.6) is 0 Å². The van der Waals surface area contributed by atoms with Gasteiger partial charge >= 0.3 is 0 Å². The lowest BCUT2D eigenvalue weighted by Crippen LogP contribution is -2.38. The molecule has 2 fully saturated rings. The number of likely N-dealkylation sites (tertiary alicyclic amines) is 1. The summed E-state index contributed by atoms with van der Waals surface area (Å²) < 4.78 is 0. The normalized spacial score (nSPS) is 20.1. The molecule has 2 amide bonds. The van der Waals surface area contributed by atoms with E-state index in [0.29, 0.717) is 25.3 Å². The molecule has 1 atom stereocenters. The molecule has 1 unspecified atom stereocenters. The average molecular weight is 394 g/mol. The number of carbonyl (C=O) groups is 2. The van der Waals surface area contributed by atoms with Gasteiger partial charge in [-0.2, -0.15) is 0 Å². The van der Waals surface area contributed by atoms with Crippen LogP contribution in [0.2, 0.25) is 0 Å². The third kappa shape index (κ3) is 7.15. The second kappa shape index (κ2) is 11.3. The summed E-state index contributed by atoms with van der Waals surface area (Å²) in [4.78, 5) is 26.5. The highest BCUT2D eigenvalue weighted by Gasteiger charge is 2.27. The van der Waals surface area contributed by atoms with Crippen molar-refractivity contribution < 1.29 is 9.59 Å². The Morgan fingerprint density at radius 1 is 1.07 bits per heavy atom. The summed E-state index contributed by atoms with van der Waals surface area (Å²) in [5.74, 6) is 1.02. The van der Waals surface area contributed by atoms with Crippen molar-refractivity contribution in [1.82, 2.24) is 15.5 Å². The summed E-state index contributed by atoms with van der Waals surface area (Å²) in [7, 11) is 0. The zero-order chi connectivity index (χ0) is 18.2. The van der Waals surface area contributed by atoms with Gasteiger partial charge in [0.2, 0.25) is 11.8 Å². The van der Waals surface area contributed by atoms with Crippen molar-refractivity contribution in [1.29, 1.82) is 0 Å². The van der Waals surface area contributed by atoms with Crippen LogP contribution in [0.15, 0.2) is 30.3 Å². The van der Waals surface area contributed by atoms with Gasteiger partial charge in [-0.25, -0.2) is 0 Å². The number of nitrogens with one attached hydrogen (secondary N) is 2. The van der Waals surface area contributed by atoms with Gasteiger partial charge in [0, 0.05) is 32.0 Å². The highest BCUT2D eigenvalue weighted by atomic mass is 35.5. The van der Waals surface area contributed by atoms with Crippen LogP contribution in [-0.2, 0) is 16.0 Å². The van der Waals surface area contributed by atoms with E-state index in [-0.39, 0.29) is 30.3 Å². The van der Waals surface area contributed by atoms with E-state index >= 15 is 0 Å². The summed E-state index contributed by atoms with van der Waals surface area (Å²) in [5.41, 5.74) is 1.20.